The summed E-state index contributed by atoms with van der Waals surface area (Å²) >= 11 is 12.3. The lowest BCUT2D eigenvalue weighted by atomic mass is 9.92. The fourth-order valence-corrected chi connectivity index (χ4v) is 2.60. The van der Waals surface area contributed by atoms with Gasteiger partial charge >= 0.3 is 0 Å². The highest BCUT2D eigenvalue weighted by atomic mass is 35.5. The summed E-state index contributed by atoms with van der Waals surface area (Å²) in [5.74, 6) is 0.373. The third kappa shape index (κ3) is 3.97. The SMILES string of the molecule is NCC(Cc1ccccc1)Cc1cccc(Cl)c1Cl. The van der Waals surface area contributed by atoms with E-state index in [9.17, 15) is 0 Å². The topological polar surface area (TPSA) is 26.0 Å². The molecule has 0 heterocycles. The van der Waals surface area contributed by atoms with Gasteiger partial charge in [-0.15, -0.1) is 0 Å². The number of nitrogens with two attached hydrogens (primary N) is 1. The number of rotatable bonds is 5. The molecule has 0 spiro atoms. The normalized spacial score (nSPS) is 12.4. The molecule has 0 amide bonds. The van der Waals surface area contributed by atoms with Gasteiger partial charge in [-0.2, -0.15) is 0 Å². The van der Waals surface area contributed by atoms with Gasteiger partial charge in [-0.05, 0) is 42.5 Å². The Morgan fingerprint density at radius 1 is 0.895 bits per heavy atom. The highest BCUT2D eigenvalue weighted by Crippen LogP contribution is 2.27. The summed E-state index contributed by atoms with van der Waals surface area (Å²) in [6.45, 7) is 0.637. The Bertz CT molecular complexity index is 526. The molecule has 0 aliphatic heterocycles. The van der Waals surface area contributed by atoms with Crippen LogP contribution in [0.15, 0.2) is 48.5 Å². The zero-order chi connectivity index (χ0) is 13.7. The lowest BCUT2D eigenvalue weighted by Crippen LogP contribution is -2.19. The predicted octanol–water partition coefficient (Wildman–Crippen LogP) is 4.35. The summed E-state index contributed by atoms with van der Waals surface area (Å²) in [5, 5.41) is 1.25. The molecule has 2 rings (SSSR count). The quantitative estimate of drug-likeness (QED) is 0.871. The van der Waals surface area contributed by atoms with Crippen molar-refractivity contribution >= 4 is 23.2 Å². The van der Waals surface area contributed by atoms with Gasteiger partial charge in [-0.25, -0.2) is 0 Å². The number of hydrogen-bond acceptors (Lipinski definition) is 1. The van der Waals surface area contributed by atoms with Crippen LogP contribution in [0.3, 0.4) is 0 Å². The Hall–Kier alpha value is -1.02. The molecule has 2 aromatic carbocycles. The fraction of sp³-hybridized carbons (Fsp3) is 0.250. The Morgan fingerprint density at radius 3 is 2.32 bits per heavy atom. The Balaban J connectivity index is 2.09. The molecule has 0 bridgehead atoms. The van der Waals surface area contributed by atoms with Gasteiger partial charge in [-0.3, -0.25) is 0 Å². The molecule has 100 valence electrons. The molecule has 1 atom stereocenters. The summed E-state index contributed by atoms with van der Waals surface area (Å²) in [6.07, 6.45) is 1.81. The van der Waals surface area contributed by atoms with Crippen molar-refractivity contribution in [3.05, 3.63) is 69.7 Å². The van der Waals surface area contributed by atoms with Crippen molar-refractivity contribution in [1.29, 1.82) is 0 Å². The molecular weight excluding hydrogens is 277 g/mol. The van der Waals surface area contributed by atoms with E-state index in [-0.39, 0.29) is 0 Å². The predicted molar refractivity (Wildman–Crippen MR) is 82.9 cm³/mol. The summed E-state index contributed by atoms with van der Waals surface area (Å²) in [5.41, 5.74) is 8.25. The van der Waals surface area contributed by atoms with Gasteiger partial charge in [0.15, 0.2) is 0 Å². The number of hydrogen-bond donors (Lipinski definition) is 1. The Labute approximate surface area is 124 Å². The molecule has 1 unspecified atom stereocenters. The molecule has 0 saturated carbocycles. The van der Waals surface area contributed by atoms with Crippen LogP contribution in [0.1, 0.15) is 11.1 Å². The molecule has 0 fully saturated rings. The van der Waals surface area contributed by atoms with E-state index in [0.29, 0.717) is 22.5 Å². The van der Waals surface area contributed by atoms with Gasteiger partial charge < -0.3 is 5.73 Å². The molecule has 1 nitrogen and oxygen atoms in total. The van der Waals surface area contributed by atoms with Gasteiger partial charge in [0.05, 0.1) is 10.0 Å². The Kier molecular flexibility index (Phi) is 5.26. The van der Waals surface area contributed by atoms with E-state index in [1.54, 1.807) is 0 Å². The largest absolute Gasteiger partial charge is 0.330 e. The zero-order valence-corrected chi connectivity index (χ0v) is 12.2. The molecule has 0 aliphatic rings. The van der Waals surface area contributed by atoms with E-state index >= 15 is 0 Å². The molecule has 2 N–H and O–H groups in total. The van der Waals surface area contributed by atoms with Crippen LogP contribution in [0.4, 0.5) is 0 Å². The second kappa shape index (κ2) is 6.95. The molecule has 3 heteroatoms. The lowest BCUT2D eigenvalue weighted by molar-refractivity contribution is 0.533. The molecule has 19 heavy (non-hydrogen) atoms. The first-order chi connectivity index (χ1) is 9.20. The number of halogens is 2. The summed E-state index contributed by atoms with van der Waals surface area (Å²) in [7, 11) is 0. The van der Waals surface area contributed by atoms with Gasteiger partial charge in [-0.1, -0.05) is 65.7 Å². The molecule has 0 radical (unpaired) electrons. The lowest BCUT2D eigenvalue weighted by Gasteiger charge is -2.16. The summed E-state index contributed by atoms with van der Waals surface area (Å²) in [4.78, 5) is 0. The monoisotopic (exact) mass is 293 g/mol. The van der Waals surface area contributed by atoms with Crippen molar-refractivity contribution in [2.24, 2.45) is 11.7 Å². The first kappa shape index (κ1) is 14.4. The van der Waals surface area contributed by atoms with Gasteiger partial charge in [0.25, 0.3) is 0 Å². The van der Waals surface area contributed by atoms with Crippen LogP contribution in [0.25, 0.3) is 0 Å². The van der Waals surface area contributed by atoms with E-state index in [1.807, 2.05) is 24.3 Å². The average Bonchev–Trinajstić information content (AvgIpc) is 2.44. The van der Waals surface area contributed by atoms with Gasteiger partial charge in [0.2, 0.25) is 0 Å². The van der Waals surface area contributed by atoms with Crippen molar-refractivity contribution in [3.8, 4) is 0 Å². The Morgan fingerprint density at radius 2 is 1.63 bits per heavy atom. The van der Waals surface area contributed by atoms with Crippen LogP contribution >= 0.6 is 23.2 Å². The first-order valence-corrected chi connectivity index (χ1v) is 7.13. The maximum absolute atomic E-state index is 6.22. The standard InChI is InChI=1S/C16H17Cl2N/c17-15-8-4-7-14(16(15)18)10-13(11-19)9-12-5-2-1-3-6-12/h1-8,13H,9-11,19H2. The van der Waals surface area contributed by atoms with E-state index in [0.717, 1.165) is 18.4 Å². The van der Waals surface area contributed by atoms with Gasteiger partial charge in [0, 0.05) is 0 Å². The van der Waals surface area contributed by atoms with Crippen LogP contribution in [0.5, 0.6) is 0 Å². The van der Waals surface area contributed by atoms with Crippen molar-refractivity contribution in [2.75, 3.05) is 6.54 Å². The van der Waals surface area contributed by atoms with Gasteiger partial charge in [0.1, 0.15) is 0 Å². The minimum Gasteiger partial charge on any atom is -0.330 e. The third-order valence-corrected chi connectivity index (χ3v) is 4.10. The van der Waals surface area contributed by atoms with Crippen molar-refractivity contribution in [2.45, 2.75) is 12.8 Å². The van der Waals surface area contributed by atoms with Crippen LogP contribution in [0.2, 0.25) is 10.0 Å². The smallest absolute Gasteiger partial charge is 0.0624 e. The zero-order valence-electron chi connectivity index (χ0n) is 10.7. The van der Waals surface area contributed by atoms with Crippen LogP contribution < -0.4 is 5.73 Å². The van der Waals surface area contributed by atoms with Crippen LogP contribution in [-0.2, 0) is 12.8 Å². The van der Waals surface area contributed by atoms with Crippen molar-refractivity contribution in [1.82, 2.24) is 0 Å². The maximum Gasteiger partial charge on any atom is 0.0624 e. The molecule has 0 aromatic heterocycles. The second-order valence-electron chi connectivity index (χ2n) is 4.71. The minimum absolute atomic E-state index is 0.373. The second-order valence-corrected chi connectivity index (χ2v) is 5.49. The number of benzene rings is 2. The van der Waals surface area contributed by atoms with E-state index < -0.39 is 0 Å². The van der Waals surface area contributed by atoms with Crippen molar-refractivity contribution in [3.63, 3.8) is 0 Å². The molecular formula is C16H17Cl2N. The maximum atomic E-state index is 6.22. The van der Waals surface area contributed by atoms with Crippen LogP contribution in [0, 0.1) is 5.92 Å². The minimum atomic E-state index is 0.373. The fourth-order valence-electron chi connectivity index (χ4n) is 2.20. The van der Waals surface area contributed by atoms with Crippen LogP contribution in [-0.4, -0.2) is 6.54 Å². The molecule has 0 saturated heterocycles. The molecule has 0 aliphatic carbocycles. The summed E-state index contributed by atoms with van der Waals surface area (Å²) in [6, 6.07) is 16.1. The van der Waals surface area contributed by atoms with E-state index in [1.165, 1.54) is 5.56 Å². The highest BCUT2D eigenvalue weighted by molar-refractivity contribution is 6.42. The average molecular weight is 294 g/mol. The first-order valence-electron chi connectivity index (χ1n) is 6.37. The summed E-state index contributed by atoms with van der Waals surface area (Å²) < 4.78 is 0. The highest BCUT2D eigenvalue weighted by Gasteiger charge is 2.12. The molecule has 2 aromatic rings. The third-order valence-electron chi connectivity index (χ3n) is 3.24. The van der Waals surface area contributed by atoms with E-state index in [2.05, 4.69) is 24.3 Å². The van der Waals surface area contributed by atoms with Crippen molar-refractivity contribution < 1.29 is 0 Å². The van der Waals surface area contributed by atoms with E-state index in [4.69, 9.17) is 28.9 Å².